The molecular formula is C21H25N5O3. The molecule has 0 aliphatic carbocycles. The lowest BCUT2D eigenvalue weighted by Gasteiger charge is -2.25. The summed E-state index contributed by atoms with van der Waals surface area (Å²) in [6.45, 7) is 0.301. The average molecular weight is 395 g/mol. The summed E-state index contributed by atoms with van der Waals surface area (Å²) in [5, 5.41) is 5.29. The maximum Gasteiger partial charge on any atom is 0.328 e. The van der Waals surface area contributed by atoms with E-state index < -0.39 is 11.8 Å². The third kappa shape index (κ3) is 4.22. The first kappa shape index (κ1) is 20.3. The van der Waals surface area contributed by atoms with Crippen LogP contribution in [-0.2, 0) is 23.7 Å². The van der Waals surface area contributed by atoms with Gasteiger partial charge in [0.25, 0.3) is 0 Å². The number of anilines is 1. The van der Waals surface area contributed by atoms with E-state index in [1.807, 2.05) is 49.3 Å². The van der Waals surface area contributed by atoms with E-state index in [1.165, 1.54) is 9.13 Å². The maximum atomic E-state index is 12.3. The van der Waals surface area contributed by atoms with Gasteiger partial charge in [-0.15, -0.1) is 0 Å². The monoisotopic (exact) mass is 395 g/mol. The van der Waals surface area contributed by atoms with Gasteiger partial charge in [0.15, 0.2) is 0 Å². The van der Waals surface area contributed by atoms with Crippen LogP contribution in [-0.4, -0.2) is 46.5 Å². The molecule has 2 amide bonds. The number of likely N-dealkylation sites (N-methyl/N-ethyl adjacent to an activating group) is 1. The normalized spacial score (nSPS) is 12.2. The molecule has 0 aliphatic heterocycles. The third-order valence-corrected chi connectivity index (χ3v) is 5.00. The minimum atomic E-state index is -0.754. The van der Waals surface area contributed by atoms with E-state index in [9.17, 15) is 14.4 Å². The second kappa shape index (κ2) is 8.32. The van der Waals surface area contributed by atoms with E-state index in [4.69, 9.17) is 0 Å². The van der Waals surface area contributed by atoms with Crippen LogP contribution in [0.2, 0.25) is 0 Å². The van der Waals surface area contributed by atoms with E-state index in [1.54, 1.807) is 32.3 Å². The molecule has 29 heavy (non-hydrogen) atoms. The fraction of sp³-hybridized carbons (Fsp3) is 0.286. The molecule has 8 nitrogen and oxygen atoms in total. The van der Waals surface area contributed by atoms with Gasteiger partial charge in [0.05, 0.1) is 17.1 Å². The minimum Gasteiger partial charge on any atom is -0.346 e. The summed E-state index contributed by atoms with van der Waals surface area (Å²) in [5.41, 5.74) is 2.76. The van der Waals surface area contributed by atoms with Crippen molar-refractivity contribution in [2.24, 2.45) is 14.1 Å². The second-order valence-corrected chi connectivity index (χ2v) is 7.16. The topological polar surface area (TPSA) is 88.4 Å². The summed E-state index contributed by atoms with van der Waals surface area (Å²) >= 11 is 0. The van der Waals surface area contributed by atoms with Crippen molar-refractivity contribution in [3.63, 3.8) is 0 Å². The Bertz CT molecular complexity index is 1100. The average Bonchev–Trinajstić information content (AvgIpc) is 2.92. The quantitative estimate of drug-likeness (QED) is 0.636. The lowest BCUT2D eigenvalue weighted by atomic mass is 10.1. The molecule has 2 aromatic carbocycles. The number of nitrogens with zero attached hydrogens (tertiary/aromatic N) is 3. The summed E-state index contributed by atoms with van der Waals surface area (Å²) in [6, 6.07) is 14.8. The molecule has 0 fully saturated rings. The fourth-order valence-electron chi connectivity index (χ4n) is 3.32. The molecule has 3 aromatic rings. The van der Waals surface area contributed by atoms with Gasteiger partial charge in [0.1, 0.15) is 0 Å². The predicted octanol–water partition coefficient (Wildman–Crippen LogP) is 1.23. The zero-order valence-electron chi connectivity index (χ0n) is 17.0. The predicted molar refractivity (Wildman–Crippen MR) is 113 cm³/mol. The number of amides is 2. The lowest BCUT2D eigenvalue weighted by Crippen LogP contribution is -2.40. The summed E-state index contributed by atoms with van der Waals surface area (Å²) in [4.78, 5) is 38.6. The second-order valence-electron chi connectivity index (χ2n) is 7.16. The summed E-state index contributed by atoms with van der Waals surface area (Å²) in [7, 11) is 7.19. The van der Waals surface area contributed by atoms with Crippen molar-refractivity contribution in [2.45, 2.75) is 6.04 Å². The molecular weight excluding hydrogens is 370 g/mol. The standard InChI is InChI=1S/C21H25N5O3/c1-24(2)18(14-8-6-5-7-9-14)13-22-19(27)20(28)23-15-10-11-16-17(12-15)26(4)21(29)25(16)3/h5-12,18H,13H2,1-4H3,(H,22,27)(H,23,28)/t18-/m0/s1. The Hall–Kier alpha value is -3.39. The fourth-order valence-corrected chi connectivity index (χ4v) is 3.32. The lowest BCUT2D eigenvalue weighted by molar-refractivity contribution is -0.136. The number of benzene rings is 2. The zero-order chi connectivity index (χ0) is 21.1. The Morgan fingerprint density at radius 3 is 2.28 bits per heavy atom. The first-order valence-corrected chi connectivity index (χ1v) is 9.25. The molecule has 8 heteroatoms. The van der Waals surface area contributed by atoms with Crippen molar-refractivity contribution >= 4 is 28.5 Å². The molecule has 0 bridgehead atoms. The van der Waals surface area contributed by atoms with Crippen molar-refractivity contribution in [3.05, 3.63) is 64.6 Å². The molecule has 1 aromatic heterocycles. The van der Waals surface area contributed by atoms with Gasteiger partial charge in [-0.1, -0.05) is 30.3 Å². The number of carbonyl (C=O) groups excluding carboxylic acids is 2. The Morgan fingerprint density at radius 1 is 0.966 bits per heavy atom. The molecule has 0 saturated heterocycles. The van der Waals surface area contributed by atoms with Crippen LogP contribution in [0.1, 0.15) is 11.6 Å². The Balaban J connectivity index is 1.67. The van der Waals surface area contributed by atoms with Crippen molar-refractivity contribution in [1.29, 1.82) is 0 Å². The number of fused-ring (bicyclic) bond motifs is 1. The molecule has 1 atom stereocenters. The number of aryl methyl sites for hydroxylation is 2. The van der Waals surface area contributed by atoms with E-state index in [-0.39, 0.29) is 11.7 Å². The van der Waals surface area contributed by atoms with Gasteiger partial charge in [0, 0.05) is 26.3 Å². The first-order chi connectivity index (χ1) is 13.8. The zero-order valence-corrected chi connectivity index (χ0v) is 17.0. The van der Waals surface area contributed by atoms with E-state index in [0.717, 1.165) is 11.1 Å². The molecule has 0 unspecified atom stereocenters. The van der Waals surface area contributed by atoms with Crippen molar-refractivity contribution < 1.29 is 9.59 Å². The van der Waals surface area contributed by atoms with Crippen LogP contribution >= 0.6 is 0 Å². The molecule has 1 heterocycles. The molecule has 0 saturated carbocycles. The summed E-state index contributed by atoms with van der Waals surface area (Å²) < 4.78 is 3.02. The highest BCUT2D eigenvalue weighted by atomic mass is 16.2. The van der Waals surface area contributed by atoms with Crippen LogP contribution in [0.4, 0.5) is 5.69 Å². The van der Waals surface area contributed by atoms with Crippen LogP contribution in [0.25, 0.3) is 11.0 Å². The Kier molecular flexibility index (Phi) is 5.84. The van der Waals surface area contributed by atoms with E-state index in [2.05, 4.69) is 10.6 Å². The number of rotatable bonds is 5. The van der Waals surface area contributed by atoms with E-state index >= 15 is 0 Å². The van der Waals surface area contributed by atoms with Crippen LogP contribution in [0.3, 0.4) is 0 Å². The summed E-state index contributed by atoms with van der Waals surface area (Å²) in [5.74, 6) is -1.47. The van der Waals surface area contributed by atoms with Crippen molar-refractivity contribution in [3.8, 4) is 0 Å². The largest absolute Gasteiger partial charge is 0.346 e. The smallest absolute Gasteiger partial charge is 0.328 e. The van der Waals surface area contributed by atoms with Crippen LogP contribution in [0.15, 0.2) is 53.3 Å². The number of hydrogen-bond acceptors (Lipinski definition) is 4. The number of aromatic nitrogens is 2. The highest BCUT2D eigenvalue weighted by molar-refractivity contribution is 6.39. The van der Waals surface area contributed by atoms with Crippen LogP contribution in [0.5, 0.6) is 0 Å². The molecule has 2 N–H and O–H groups in total. The van der Waals surface area contributed by atoms with Gasteiger partial charge < -0.3 is 15.5 Å². The van der Waals surface area contributed by atoms with Gasteiger partial charge in [-0.2, -0.15) is 0 Å². The Labute approximate surface area is 168 Å². The SMILES string of the molecule is CN(C)[C@@H](CNC(=O)C(=O)Nc1ccc2c(c1)n(C)c(=O)n2C)c1ccccc1. The minimum absolute atomic E-state index is 0.0526. The molecule has 152 valence electrons. The van der Waals surface area contributed by atoms with Gasteiger partial charge in [-0.25, -0.2) is 4.79 Å². The number of hydrogen-bond donors (Lipinski definition) is 2. The van der Waals surface area contributed by atoms with Crippen molar-refractivity contribution in [1.82, 2.24) is 19.4 Å². The molecule has 0 radical (unpaired) electrons. The number of imidazole rings is 1. The molecule has 0 spiro atoms. The summed E-state index contributed by atoms with van der Waals surface area (Å²) in [6.07, 6.45) is 0. The third-order valence-electron chi connectivity index (χ3n) is 5.00. The Morgan fingerprint density at radius 2 is 1.62 bits per heavy atom. The van der Waals surface area contributed by atoms with Crippen LogP contribution < -0.4 is 16.3 Å². The highest BCUT2D eigenvalue weighted by Crippen LogP contribution is 2.18. The number of carbonyl (C=O) groups is 2. The van der Waals surface area contributed by atoms with Crippen LogP contribution in [0, 0.1) is 0 Å². The van der Waals surface area contributed by atoms with Gasteiger partial charge >= 0.3 is 17.5 Å². The van der Waals surface area contributed by atoms with Crippen molar-refractivity contribution in [2.75, 3.05) is 26.0 Å². The van der Waals surface area contributed by atoms with Gasteiger partial charge in [0.2, 0.25) is 0 Å². The molecule has 3 rings (SSSR count). The first-order valence-electron chi connectivity index (χ1n) is 9.25. The number of nitrogens with one attached hydrogen (secondary N) is 2. The maximum absolute atomic E-state index is 12.3. The highest BCUT2D eigenvalue weighted by Gasteiger charge is 2.19. The van der Waals surface area contributed by atoms with Gasteiger partial charge in [-0.3, -0.25) is 18.7 Å². The molecule has 0 aliphatic rings. The van der Waals surface area contributed by atoms with E-state index in [0.29, 0.717) is 17.7 Å². The van der Waals surface area contributed by atoms with Gasteiger partial charge in [-0.05, 0) is 37.9 Å².